The van der Waals surface area contributed by atoms with Crippen LogP contribution in [0.2, 0.25) is 0 Å². The van der Waals surface area contributed by atoms with E-state index in [9.17, 15) is 18.0 Å². The highest BCUT2D eigenvalue weighted by molar-refractivity contribution is 7.86. The molecule has 188 valence electrons. The summed E-state index contributed by atoms with van der Waals surface area (Å²) in [5.41, 5.74) is 2.49. The average Bonchev–Trinajstić information content (AvgIpc) is 2.86. The molecule has 0 saturated carbocycles. The van der Waals surface area contributed by atoms with Crippen molar-refractivity contribution in [2.45, 2.75) is 43.1 Å². The zero-order chi connectivity index (χ0) is 25.5. The second-order valence-electron chi connectivity index (χ2n) is 8.47. The van der Waals surface area contributed by atoms with Gasteiger partial charge in [0.15, 0.2) is 6.10 Å². The largest absolute Gasteiger partial charge is 0.452 e. The van der Waals surface area contributed by atoms with Gasteiger partial charge in [-0.15, -0.1) is 0 Å². The number of hydrogen-bond acceptors (Lipinski definition) is 7. The standard InChI is InChI=1S/C27H27NO7S/c1-19-12-14-23(15-13-19)36(31,32)33-18-22(34-25-17-24(29)28-25)16-26(30)35-27(20-8-4-2-5-9-20)21-10-6-3-7-11-21/h2-15,22,25,27H,16-18H2,1H3,(H,28,29). The minimum absolute atomic E-state index is 0.000377. The van der Waals surface area contributed by atoms with Crippen molar-refractivity contribution in [1.82, 2.24) is 5.32 Å². The first-order valence-corrected chi connectivity index (χ1v) is 12.9. The van der Waals surface area contributed by atoms with Gasteiger partial charge in [-0.3, -0.25) is 13.8 Å². The van der Waals surface area contributed by atoms with E-state index in [1.165, 1.54) is 12.1 Å². The van der Waals surface area contributed by atoms with Crippen LogP contribution in [0.15, 0.2) is 89.8 Å². The normalized spacial score (nSPS) is 16.2. The van der Waals surface area contributed by atoms with Gasteiger partial charge in [-0.1, -0.05) is 78.4 Å². The van der Waals surface area contributed by atoms with Crippen LogP contribution in [0, 0.1) is 6.92 Å². The van der Waals surface area contributed by atoms with E-state index in [0.717, 1.165) is 16.7 Å². The topological polar surface area (TPSA) is 108 Å². The van der Waals surface area contributed by atoms with Gasteiger partial charge in [0.2, 0.25) is 5.91 Å². The molecule has 9 heteroatoms. The number of ether oxygens (including phenoxy) is 2. The highest BCUT2D eigenvalue weighted by atomic mass is 32.2. The van der Waals surface area contributed by atoms with E-state index in [2.05, 4.69) is 5.32 Å². The molecule has 36 heavy (non-hydrogen) atoms. The van der Waals surface area contributed by atoms with Gasteiger partial charge in [0.05, 0.1) is 30.4 Å². The molecule has 2 atom stereocenters. The summed E-state index contributed by atoms with van der Waals surface area (Å²) in [5.74, 6) is -0.789. The molecule has 0 aromatic heterocycles. The van der Waals surface area contributed by atoms with E-state index < -0.39 is 41.1 Å². The smallest absolute Gasteiger partial charge is 0.309 e. The molecule has 4 rings (SSSR count). The fourth-order valence-electron chi connectivity index (χ4n) is 3.68. The van der Waals surface area contributed by atoms with Crippen molar-refractivity contribution in [3.8, 4) is 0 Å². The maximum Gasteiger partial charge on any atom is 0.309 e. The molecule has 0 radical (unpaired) electrons. The lowest BCUT2D eigenvalue weighted by molar-refractivity contribution is -0.159. The fraction of sp³-hybridized carbons (Fsp3) is 0.259. The summed E-state index contributed by atoms with van der Waals surface area (Å²) in [7, 11) is -4.07. The Kier molecular flexibility index (Phi) is 8.14. The van der Waals surface area contributed by atoms with Crippen LogP contribution < -0.4 is 5.32 Å². The Balaban J connectivity index is 1.46. The molecule has 1 aliphatic heterocycles. The van der Waals surface area contributed by atoms with E-state index in [0.29, 0.717) is 0 Å². The number of esters is 1. The van der Waals surface area contributed by atoms with Crippen molar-refractivity contribution in [3.05, 3.63) is 102 Å². The summed E-state index contributed by atoms with van der Waals surface area (Å²) in [6.07, 6.45) is -2.39. The van der Waals surface area contributed by atoms with Crippen molar-refractivity contribution in [1.29, 1.82) is 0 Å². The molecule has 2 unspecified atom stereocenters. The molecule has 1 fully saturated rings. The highest BCUT2D eigenvalue weighted by Gasteiger charge is 2.32. The minimum Gasteiger partial charge on any atom is -0.452 e. The van der Waals surface area contributed by atoms with Crippen molar-refractivity contribution in [2.24, 2.45) is 0 Å². The van der Waals surface area contributed by atoms with Crippen molar-refractivity contribution in [3.63, 3.8) is 0 Å². The number of aryl methyl sites for hydroxylation is 1. The molecule has 3 aromatic carbocycles. The van der Waals surface area contributed by atoms with E-state index in [1.54, 1.807) is 12.1 Å². The van der Waals surface area contributed by atoms with Crippen LogP contribution in [-0.2, 0) is 33.4 Å². The average molecular weight is 510 g/mol. The molecule has 1 saturated heterocycles. The number of benzene rings is 3. The monoisotopic (exact) mass is 509 g/mol. The first kappa shape index (κ1) is 25.6. The molecule has 0 bridgehead atoms. The van der Waals surface area contributed by atoms with Gasteiger partial charge in [0.25, 0.3) is 10.1 Å². The summed E-state index contributed by atoms with van der Waals surface area (Å²) in [4.78, 5) is 24.3. The molecule has 0 spiro atoms. The lowest BCUT2D eigenvalue weighted by atomic mass is 10.0. The van der Waals surface area contributed by atoms with Crippen LogP contribution in [0.5, 0.6) is 0 Å². The van der Waals surface area contributed by atoms with Gasteiger partial charge in [-0.05, 0) is 30.2 Å². The van der Waals surface area contributed by atoms with Crippen molar-refractivity contribution in [2.75, 3.05) is 6.61 Å². The maximum atomic E-state index is 13.0. The van der Waals surface area contributed by atoms with Crippen molar-refractivity contribution >= 4 is 22.0 Å². The predicted octanol–water partition coefficient (Wildman–Crippen LogP) is 3.65. The van der Waals surface area contributed by atoms with E-state index in [4.69, 9.17) is 13.7 Å². The first-order chi connectivity index (χ1) is 17.3. The number of carbonyl (C=O) groups is 2. The second kappa shape index (κ2) is 11.5. The molecule has 8 nitrogen and oxygen atoms in total. The number of hydrogen-bond donors (Lipinski definition) is 1. The van der Waals surface area contributed by atoms with Gasteiger partial charge in [-0.2, -0.15) is 8.42 Å². The molecule has 1 amide bonds. The predicted molar refractivity (Wildman–Crippen MR) is 131 cm³/mol. The number of amides is 1. The van der Waals surface area contributed by atoms with E-state index >= 15 is 0 Å². The summed E-state index contributed by atoms with van der Waals surface area (Å²) in [6, 6.07) is 24.8. The molecule has 1 aliphatic rings. The molecule has 0 aliphatic carbocycles. The number of β-lactam (4-membered cyclic amide) rings is 1. The zero-order valence-electron chi connectivity index (χ0n) is 19.7. The SMILES string of the molecule is Cc1ccc(S(=O)(=O)OCC(CC(=O)OC(c2ccccc2)c2ccccc2)OC2CC(=O)N2)cc1. The Morgan fingerprint density at radius 1 is 0.944 bits per heavy atom. The zero-order valence-corrected chi connectivity index (χ0v) is 20.5. The van der Waals surface area contributed by atoms with Gasteiger partial charge < -0.3 is 14.8 Å². The highest BCUT2D eigenvalue weighted by Crippen LogP contribution is 2.27. The van der Waals surface area contributed by atoms with Gasteiger partial charge >= 0.3 is 5.97 Å². The molecular formula is C27H27NO7S. The molecule has 1 heterocycles. The van der Waals surface area contributed by atoms with Crippen LogP contribution in [0.4, 0.5) is 0 Å². The van der Waals surface area contributed by atoms with Gasteiger partial charge in [-0.25, -0.2) is 0 Å². The Labute approximate surface area is 210 Å². The summed E-state index contributed by atoms with van der Waals surface area (Å²) < 4.78 is 42.1. The lowest BCUT2D eigenvalue weighted by Crippen LogP contribution is -2.52. The molecular weight excluding hydrogens is 482 g/mol. The van der Waals surface area contributed by atoms with Gasteiger partial charge in [0, 0.05) is 0 Å². The third kappa shape index (κ3) is 6.78. The molecule has 3 aromatic rings. The second-order valence-corrected chi connectivity index (χ2v) is 10.1. The number of carbonyl (C=O) groups excluding carboxylic acids is 2. The summed E-state index contributed by atoms with van der Waals surface area (Å²) in [6.45, 7) is 1.43. The summed E-state index contributed by atoms with van der Waals surface area (Å²) in [5, 5.41) is 2.56. The quantitative estimate of drug-likeness (QED) is 0.239. The summed E-state index contributed by atoms with van der Waals surface area (Å²) >= 11 is 0. The van der Waals surface area contributed by atoms with Crippen LogP contribution in [0.3, 0.4) is 0 Å². The Hall–Kier alpha value is -3.53. The van der Waals surface area contributed by atoms with Gasteiger partial charge in [0.1, 0.15) is 6.23 Å². The Bertz CT molecular complexity index is 1230. The van der Waals surface area contributed by atoms with Crippen LogP contribution in [-0.4, -0.2) is 39.2 Å². The number of nitrogens with one attached hydrogen (secondary N) is 1. The van der Waals surface area contributed by atoms with Crippen molar-refractivity contribution < 1.29 is 31.7 Å². The van der Waals surface area contributed by atoms with E-state index in [-0.39, 0.29) is 23.6 Å². The third-order valence-corrected chi connectivity index (χ3v) is 6.91. The number of rotatable bonds is 11. The minimum atomic E-state index is -4.07. The fourth-order valence-corrected chi connectivity index (χ4v) is 4.61. The van der Waals surface area contributed by atoms with Crippen LogP contribution >= 0.6 is 0 Å². The Morgan fingerprint density at radius 2 is 1.50 bits per heavy atom. The third-order valence-electron chi connectivity index (χ3n) is 5.62. The van der Waals surface area contributed by atoms with E-state index in [1.807, 2.05) is 67.6 Å². The van der Waals surface area contributed by atoms with Crippen LogP contribution in [0.1, 0.15) is 35.6 Å². The van der Waals surface area contributed by atoms with Crippen LogP contribution in [0.25, 0.3) is 0 Å². The maximum absolute atomic E-state index is 13.0. The Morgan fingerprint density at radius 3 is 2.03 bits per heavy atom. The lowest BCUT2D eigenvalue weighted by Gasteiger charge is -2.31. The molecule has 1 N–H and O–H groups in total. The first-order valence-electron chi connectivity index (χ1n) is 11.5.